The lowest BCUT2D eigenvalue weighted by Gasteiger charge is -2.40. The van der Waals surface area contributed by atoms with Crippen molar-refractivity contribution in [2.24, 2.45) is 5.73 Å². The molecule has 2 atom stereocenters. The predicted molar refractivity (Wildman–Crippen MR) is 115 cm³/mol. The number of hydrogen-bond acceptors (Lipinski definition) is 4. The van der Waals surface area contributed by atoms with E-state index in [4.69, 9.17) is 14.9 Å². The molecule has 0 heterocycles. The molecule has 0 radical (unpaired) electrons. The summed E-state index contributed by atoms with van der Waals surface area (Å²) in [5, 5.41) is 2.71. The molecule has 0 bridgehead atoms. The number of carbonyl (C=O) groups is 2. The van der Waals surface area contributed by atoms with E-state index in [1.54, 1.807) is 20.8 Å². The zero-order valence-electron chi connectivity index (χ0n) is 18.5. The van der Waals surface area contributed by atoms with Crippen LogP contribution < -0.4 is 11.1 Å². The van der Waals surface area contributed by atoms with Crippen molar-refractivity contribution in [3.05, 3.63) is 35.9 Å². The Kier molecular flexibility index (Phi) is 7.85. The standard InChI is InChI=1S/C21H36N2O4Si/c1-20(2,3)26-19(25)23-16(14-15-12-10-9-11-13-15)17(18(22)24)27-28(7,8)21(4,5)6/h9-13,16-17H,14H2,1-8H3,(H2,22,24)(H,23,25)/t16-,17-/m0/s1. The second kappa shape index (κ2) is 9.09. The fraction of sp³-hybridized carbons (Fsp3) is 0.619. The fourth-order valence-corrected chi connectivity index (χ4v) is 3.66. The second-order valence-corrected chi connectivity index (χ2v) is 14.4. The SMILES string of the molecule is CC(C)(C)OC(=O)N[C@@H](Cc1ccccc1)[C@H](O[Si](C)(C)C(C)(C)C)C(N)=O. The van der Waals surface area contributed by atoms with Crippen LogP contribution in [0.4, 0.5) is 4.79 Å². The Morgan fingerprint density at radius 2 is 1.61 bits per heavy atom. The number of carbonyl (C=O) groups excluding carboxylic acids is 2. The first-order valence-corrected chi connectivity index (χ1v) is 12.5. The molecular formula is C21H36N2O4Si. The lowest BCUT2D eigenvalue weighted by Crippen LogP contribution is -2.57. The lowest BCUT2D eigenvalue weighted by atomic mass is 10.0. The molecule has 1 aromatic rings. The quantitative estimate of drug-likeness (QED) is 0.667. The highest BCUT2D eigenvalue weighted by Gasteiger charge is 2.43. The van der Waals surface area contributed by atoms with Crippen molar-refractivity contribution in [1.29, 1.82) is 0 Å². The van der Waals surface area contributed by atoms with Crippen molar-refractivity contribution in [1.82, 2.24) is 5.32 Å². The molecule has 0 aliphatic rings. The topological polar surface area (TPSA) is 90.7 Å². The Hall–Kier alpha value is -1.86. The molecule has 6 nitrogen and oxygen atoms in total. The molecule has 7 heteroatoms. The highest BCUT2D eigenvalue weighted by molar-refractivity contribution is 6.74. The largest absolute Gasteiger partial charge is 0.444 e. The Balaban J connectivity index is 3.16. The van der Waals surface area contributed by atoms with Crippen molar-refractivity contribution >= 4 is 20.3 Å². The fourth-order valence-electron chi connectivity index (χ4n) is 2.39. The molecule has 0 aliphatic carbocycles. The van der Waals surface area contributed by atoms with Crippen LogP contribution in [0.1, 0.15) is 47.1 Å². The Labute approximate surface area is 170 Å². The summed E-state index contributed by atoms with van der Waals surface area (Å²) in [5.74, 6) is -0.596. The van der Waals surface area contributed by atoms with Gasteiger partial charge in [0.2, 0.25) is 5.91 Å². The maximum Gasteiger partial charge on any atom is 0.407 e. The maximum atomic E-state index is 12.4. The molecule has 0 fully saturated rings. The number of ether oxygens (including phenoxy) is 1. The summed E-state index contributed by atoms with van der Waals surface area (Å²) >= 11 is 0. The molecule has 158 valence electrons. The Morgan fingerprint density at radius 1 is 1.07 bits per heavy atom. The van der Waals surface area contributed by atoms with Gasteiger partial charge in [-0.2, -0.15) is 0 Å². The van der Waals surface area contributed by atoms with Gasteiger partial charge in [0.05, 0.1) is 6.04 Å². The summed E-state index contributed by atoms with van der Waals surface area (Å²) in [7, 11) is -2.30. The molecule has 0 spiro atoms. The third-order valence-electron chi connectivity index (χ3n) is 4.87. The van der Waals surface area contributed by atoms with Gasteiger partial charge in [0.25, 0.3) is 0 Å². The smallest absolute Gasteiger partial charge is 0.407 e. The summed E-state index contributed by atoms with van der Waals surface area (Å²) < 4.78 is 11.7. The van der Waals surface area contributed by atoms with Crippen LogP contribution in [0, 0.1) is 0 Å². The third-order valence-corrected chi connectivity index (χ3v) is 9.33. The van der Waals surface area contributed by atoms with E-state index in [1.807, 2.05) is 30.3 Å². The van der Waals surface area contributed by atoms with E-state index in [0.29, 0.717) is 6.42 Å². The summed E-state index contributed by atoms with van der Waals surface area (Å²) in [4.78, 5) is 24.7. The molecule has 0 aromatic heterocycles. The molecule has 1 aromatic carbocycles. The van der Waals surface area contributed by atoms with Crippen LogP contribution in [0.3, 0.4) is 0 Å². The van der Waals surface area contributed by atoms with Crippen LogP contribution in [0.25, 0.3) is 0 Å². The number of nitrogens with two attached hydrogens (primary N) is 1. The molecule has 3 N–H and O–H groups in total. The summed E-state index contributed by atoms with van der Waals surface area (Å²) in [6.45, 7) is 15.7. The van der Waals surface area contributed by atoms with Crippen molar-refractivity contribution in [2.45, 2.75) is 83.8 Å². The van der Waals surface area contributed by atoms with Gasteiger partial charge in [-0.05, 0) is 50.9 Å². The highest BCUT2D eigenvalue weighted by atomic mass is 28.4. The van der Waals surface area contributed by atoms with Gasteiger partial charge in [-0.1, -0.05) is 51.1 Å². The van der Waals surface area contributed by atoms with Crippen molar-refractivity contribution in [2.75, 3.05) is 0 Å². The number of hydrogen-bond donors (Lipinski definition) is 2. The molecule has 1 rings (SSSR count). The van der Waals surface area contributed by atoms with Crippen LogP contribution in [0.5, 0.6) is 0 Å². The Morgan fingerprint density at radius 3 is 2.04 bits per heavy atom. The normalized spacial score (nSPS) is 14.9. The monoisotopic (exact) mass is 408 g/mol. The first kappa shape index (κ1) is 24.2. The van der Waals surface area contributed by atoms with E-state index in [0.717, 1.165) is 5.56 Å². The number of rotatable bonds is 7. The number of benzene rings is 1. The summed E-state index contributed by atoms with van der Waals surface area (Å²) in [6.07, 6.45) is -1.14. The highest BCUT2D eigenvalue weighted by Crippen LogP contribution is 2.37. The molecule has 2 amide bonds. The summed E-state index contributed by atoms with van der Waals surface area (Å²) in [6, 6.07) is 8.98. The number of alkyl carbamates (subject to hydrolysis) is 1. The maximum absolute atomic E-state index is 12.4. The molecule has 0 saturated carbocycles. The van der Waals surface area contributed by atoms with E-state index < -0.39 is 38.1 Å². The van der Waals surface area contributed by atoms with E-state index in [-0.39, 0.29) is 5.04 Å². The van der Waals surface area contributed by atoms with Crippen molar-refractivity contribution < 1.29 is 18.8 Å². The third kappa shape index (κ3) is 7.64. The van der Waals surface area contributed by atoms with Gasteiger partial charge in [0.15, 0.2) is 8.32 Å². The van der Waals surface area contributed by atoms with Crippen LogP contribution >= 0.6 is 0 Å². The van der Waals surface area contributed by atoms with Crippen LogP contribution in [0.2, 0.25) is 18.1 Å². The van der Waals surface area contributed by atoms with Crippen molar-refractivity contribution in [3.63, 3.8) is 0 Å². The molecule has 0 aliphatic heterocycles. The van der Waals surface area contributed by atoms with Gasteiger partial charge in [0.1, 0.15) is 11.7 Å². The minimum Gasteiger partial charge on any atom is -0.444 e. The van der Waals surface area contributed by atoms with Gasteiger partial charge in [-0.25, -0.2) is 4.79 Å². The zero-order valence-corrected chi connectivity index (χ0v) is 19.5. The molecule has 28 heavy (non-hydrogen) atoms. The van der Waals surface area contributed by atoms with Crippen LogP contribution in [0.15, 0.2) is 30.3 Å². The minimum atomic E-state index is -2.30. The van der Waals surface area contributed by atoms with Gasteiger partial charge >= 0.3 is 6.09 Å². The first-order chi connectivity index (χ1) is 12.6. The average Bonchev–Trinajstić information content (AvgIpc) is 2.50. The van der Waals surface area contributed by atoms with Gasteiger partial charge in [-0.15, -0.1) is 0 Å². The Bertz CT molecular complexity index is 663. The van der Waals surface area contributed by atoms with Gasteiger partial charge in [0, 0.05) is 0 Å². The van der Waals surface area contributed by atoms with Crippen LogP contribution in [-0.2, 0) is 20.4 Å². The lowest BCUT2D eigenvalue weighted by molar-refractivity contribution is -0.126. The average molecular weight is 409 g/mol. The van der Waals surface area contributed by atoms with Crippen LogP contribution in [-0.4, -0.2) is 38.1 Å². The van der Waals surface area contributed by atoms with E-state index in [2.05, 4.69) is 39.2 Å². The minimum absolute atomic E-state index is 0.107. The zero-order chi connectivity index (χ0) is 21.8. The molecule has 0 saturated heterocycles. The second-order valence-electron chi connectivity index (χ2n) is 9.64. The number of primary amides is 1. The predicted octanol–water partition coefficient (Wildman–Crippen LogP) is 4.00. The molecular weight excluding hydrogens is 372 g/mol. The van der Waals surface area contributed by atoms with E-state index >= 15 is 0 Å². The van der Waals surface area contributed by atoms with Crippen molar-refractivity contribution in [3.8, 4) is 0 Å². The number of nitrogens with one attached hydrogen (secondary N) is 1. The summed E-state index contributed by atoms with van der Waals surface area (Å²) in [5.41, 5.74) is 6.03. The number of amides is 2. The molecule has 0 unspecified atom stereocenters. The first-order valence-electron chi connectivity index (χ1n) is 9.63. The van der Waals surface area contributed by atoms with E-state index in [1.165, 1.54) is 0 Å². The van der Waals surface area contributed by atoms with Gasteiger partial charge < -0.3 is 20.2 Å². The van der Waals surface area contributed by atoms with E-state index in [9.17, 15) is 9.59 Å². The van der Waals surface area contributed by atoms with Gasteiger partial charge in [-0.3, -0.25) is 4.79 Å².